The van der Waals surface area contributed by atoms with Crippen LogP contribution in [0.5, 0.6) is 0 Å². The van der Waals surface area contributed by atoms with E-state index in [4.69, 9.17) is 9.47 Å². The Morgan fingerprint density at radius 1 is 1.12 bits per heavy atom. The summed E-state index contributed by atoms with van der Waals surface area (Å²) in [5.74, 6) is -1.13. The Hall–Kier alpha value is -0.390. The van der Waals surface area contributed by atoms with Gasteiger partial charge in [-0.05, 0) is 12.0 Å². The maximum atomic E-state index is 10.1. The molecule has 0 spiro atoms. The van der Waals surface area contributed by atoms with Gasteiger partial charge in [-0.25, -0.2) is 0 Å². The van der Waals surface area contributed by atoms with Crippen LogP contribution >= 0.6 is 0 Å². The number of carboxylic acid groups (broad SMARTS) is 1. The summed E-state index contributed by atoms with van der Waals surface area (Å²) in [7, 11) is 0. The standard InChI is InChI=1S/C7H6O2.C4H8O2.Na/c8-7(9)6-4-2-1-3-5-6;1-2-5-4-6-3-1;/h1-5H,(H,8,9);1-4H2;/q;;+1/p-1. The van der Waals surface area contributed by atoms with Crippen molar-refractivity contribution in [3.8, 4) is 0 Å². The van der Waals surface area contributed by atoms with Crippen molar-refractivity contribution in [3.05, 3.63) is 35.9 Å². The second-order valence-corrected chi connectivity index (χ2v) is 2.94. The average molecular weight is 232 g/mol. The van der Waals surface area contributed by atoms with Crippen LogP contribution in [0.15, 0.2) is 30.3 Å². The maximum absolute atomic E-state index is 10.1. The van der Waals surface area contributed by atoms with Gasteiger partial charge in [-0.3, -0.25) is 0 Å². The fourth-order valence-electron chi connectivity index (χ4n) is 1.01. The van der Waals surface area contributed by atoms with Gasteiger partial charge < -0.3 is 19.4 Å². The predicted octanol–water partition coefficient (Wildman–Crippen LogP) is -2.57. The molecule has 16 heavy (non-hydrogen) atoms. The van der Waals surface area contributed by atoms with E-state index in [2.05, 4.69) is 0 Å². The molecule has 1 aliphatic rings. The molecule has 1 saturated heterocycles. The number of rotatable bonds is 1. The average Bonchev–Trinajstić information content (AvgIpc) is 2.33. The van der Waals surface area contributed by atoms with E-state index in [-0.39, 0.29) is 35.1 Å². The molecule has 0 unspecified atom stereocenters. The summed E-state index contributed by atoms with van der Waals surface area (Å²) in [6.45, 7) is 2.25. The summed E-state index contributed by atoms with van der Waals surface area (Å²) in [6, 6.07) is 8.06. The zero-order chi connectivity index (χ0) is 10.9. The Morgan fingerprint density at radius 3 is 1.94 bits per heavy atom. The van der Waals surface area contributed by atoms with Gasteiger partial charge in [0.2, 0.25) is 0 Å². The van der Waals surface area contributed by atoms with Crippen molar-refractivity contribution in [1.29, 1.82) is 0 Å². The zero-order valence-electron chi connectivity index (χ0n) is 9.35. The molecule has 4 nitrogen and oxygen atoms in total. The number of carbonyl (C=O) groups is 1. The molecule has 1 heterocycles. The van der Waals surface area contributed by atoms with Gasteiger partial charge in [0.25, 0.3) is 0 Å². The van der Waals surface area contributed by atoms with Gasteiger partial charge in [0, 0.05) is 0 Å². The molecule has 5 heteroatoms. The number of carboxylic acids is 1. The monoisotopic (exact) mass is 232 g/mol. The van der Waals surface area contributed by atoms with Crippen molar-refractivity contribution >= 4 is 5.97 Å². The van der Waals surface area contributed by atoms with Crippen LogP contribution < -0.4 is 34.7 Å². The molecule has 0 amide bonds. The summed E-state index contributed by atoms with van der Waals surface area (Å²) in [6.07, 6.45) is 1.06. The fraction of sp³-hybridized carbons (Fsp3) is 0.364. The summed E-state index contributed by atoms with van der Waals surface area (Å²) < 4.78 is 9.69. The van der Waals surface area contributed by atoms with Crippen LogP contribution in [0.2, 0.25) is 0 Å². The number of hydrogen-bond acceptors (Lipinski definition) is 4. The van der Waals surface area contributed by atoms with E-state index in [1.165, 1.54) is 12.1 Å². The summed E-state index contributed by atoms with van der Waals surface area (Å²) >= 11 is 0. The fourth-order valence-corrected chi connectivity index (χ4v) is 1.01. The molecule has 0 radical (unpaired) electrons. The van der Waals surface area contributed by atoms with E-state index in [1.807, 2.05) is 0 Å². The van der Waals surface area contributed by atoms with Gasteiger partial charge in [0.05, 0.1) is 19.2 Å². The van der Waals surface area contributed by atoms with Crippen LogP contribution in [-0.2, 0) is 9.47 Å². The largest absolute Gasteiger partial charge is 1.00 e. The molecule has 0 aliphatic carbocycles. The minimum Gasteiger partial charge on any atom is -0.545 e. The van der Waals surface area contributed by atoms with Crippen LogP contribution in [0.4, 0.5) is 0 Å². The Balaban J connectivity index is 0.000000283. The smallest absolute Gasteiger partial charge is 0.545 e. The molecule has 0 bridgehead atoms. The first-order chi connectivity index (χ1) is 7.30. The van der Waals surface area contributed by atoms with Crippen LogP contribution in [0.3, 0.4) is 0 Å². The van der Waals surface area contributed by atoms with Crippen molar-refractivity contribution < 1.29 is 48.9 Å². The minimum atomic E-state index is -1.13. The predicted molar refractivity (Wildman–Crippen MR) is 52.2 cm³/mol. The normalized spacial score (nSPS) is 14.0. The summed E-state index contributed by atoms with van der Waals surface area (Å²) in [5, 5.41) is 10.1. The molecule has 82 valence electrons. The van der Waals surface area contributed by atoms with E-state index in [1.54, 1.807) is 18.2 Å². The third kappa shape index (κ3) is 6.98. The van der Waals surface area contributed by atoms with Crippen molar-refractivity contribution in [2.45, 2.75) is 6.42 Å². The molecule has 0 atom stereocenters. The van der Waals surface area contributed by atoms with Crippen LogP contribution in [0.1, 0.15) is 16.8 Å². The number of benzene rings is 1. The number of hydrogen-bond donors (Lipinski definition) is 0. The van der Waals surface area contributed by atoms with Gasteiger partial charge in [-0.2, -0.15) is 0 Å². The van der Waals surface area contributed by atoms with Gasteiger partial charge in [0.1, 0.15) is 6.79 Å². The molecule has 0 saturated carbocycles. The quantitative estimate of drug-likeness (QED) is 0.500. The van der Waals surface area contributed by atoms with E-state index < -0.39 is 5.97 Å². The summed E-state index contributed by atoms with van der Waals surface area (Å²) in [5.41, 5.74) is 0.220. The van der Waals surface area contributed by atoms with E-state index >= 15 is 0 Å². The van der Waals surface area contributed by atoms with Crippen molar-refractivity contribution in [3.63, 3.8) is 0 Å². The Morgan fingerprint density at radius 2 is 1.69 bits per heavy atom. The second-order valence-electron chi connectivity index (χ2n) is 2.94. The van der Waals surface area contributed by atoms with Crippen molar-refractivity contribution in [2.24, 2.45) is 0 Å². The van der Waals surface area contributed by atoms with Crippen molar-refractivity contribution in [2.75, 3.05) is 20.0 Å². The molecule has 1 aromatic carbocycles. The second kappa shape index (κ2) is 9.81. The van der Waals surface area contributed by atoms with Crippen LogP contribution in [0, 0.1) is 0 Å². The first-order valence-electron chi connectivity index (χ1n) is 4.72. The van der Waals surface area contributed by atoms with Crippen molar-refractivity contribution in [1.82, 2.24) is 0 Å². The van der Waals surface area contributed by atoms with Gasteiger partial charge in [-0.15, -0.1) is 0 Å². The Labute approximate surface area is 117 Å². The third-order valence-corrected chi connectivity index (χ3v) is 1.75. The molecule has 0 N–H and O–H groups in total. The number of ether oxygens (including phenoxy) is 2. The topological polar surface area (TPSA) is 58.6 Å². The number of aromatic carboxylic acids is 1. The Kier molecular flexibility index (Phi) is 9.57. The zero-order valence-corrected chi connectivity index (χ0v) is 11.3. The first-order valence-corrected chi connectivity index (χ1v) is 4.72. The maximum Gasteiger partial charge on any atom is 1.00 e. The number of carbonyl (C=O) groups excluding carboxylic acids is 1. The Bertz CT molecular complexity index is 274. The third-order valence-electron chi connectivity index (χ3n) is 1.75. The molecular formula is C11H13NaO4. The minimum absolute atomic E-state index is 0. The van der Waals surface area contributed by atoms with E-state index in [9.17, 15) is 9.90 Å². The van der Waals surface area contributed by atoms with Gasteiger partial charge >= 0.3 is 29.6 Å². The van der Waals surface area contributed by atoms with Gasteiger partial charge in [-0.1, -0.05) is 30.3 Å². The SMILES string of the molecule is C1COCOC1.O=C([O-])c1ccccc1.[Na+]. The molecular weight excluding hydrogens is 219 g/mol. The first kappa shape index (κ1) is 15.6. The van der Waals surface area contributed by atoms with E-state index in [0.717, 1.165) is 19.6 Å². The molecule has 1 aromatic rings. The molecule has 1 fully saturated rings. The molecule has 0 aromatic heterocycles. The summed E-state index contributed by atoms with van der Waals surface area (Å²) in [4.78, 5) is 10.1. The van der Waals surface area contributed by atoms with Crippen LogP contribution in [-0.4, -0.2) is 26.0 Å². The van der Waals surface area contributed by atoms with Gasteiger partial charge in [0.15, 0.2) is 0 Å². The van der Waals surface area contributed by atoms with Crippen LogP contribution in [0.25, 0.3) is 0 Å². The molecule has 2 rings (SSSR count). The molecule has 1 aliphatic heterocycles. The van der Waals surface area contributed by atoms with E-state index in [0.29, 0.717) is 6.79 Å².